The lowest BCUT2D eigenvalue weighted by molar-refractivity contribution is 0.0972. The molecular formula is C19H32N2O4S. The van der Waals surface area contributed by atoms with E-state index in [2.05, 4.69) is 4.90 Å². The molecule has 0 spiro atoms. The van der Waals surface area contributed by atoms with Crippen molar-refractivity contribution >= 4 is 10.0 Å². The Hall–Kier alpha value is -1.15. The monoisotopic (exact) mass is 384 g/mol. The summed E-state index contributed by atoms with van der Waals surface area (Å²) in [5.41, 5.74) is 1.59. The minimum Gasteiger partial charge on any atom is -0.496 e. The van der Waals surface area contributed by atoms with Gasteiger partial charge in [0.25, 0.3) is 0 Å². The minimum atomic E-state index is -3.52. The molecule has 26 heavy (non-hydrogen) atoms. The van der Waals surface area contributed by atoms with E-state index in [1.165, 1.54) is 4.31 Å². The number of β-amino-alcohol motifs (C(OH)–C–C–N with tert-alkyl or cyclic N) is 1. The smallest absolute Gasteiger partial charge is 0.243 e. The number of aliphatic hydroxyl groups is 1. The summed E-state index contributed by atoms with van der Waals surface area (Å²) in [7, 11) is -0.272. The van der Waals surface area contributed by atoms with E-state index in [0.29, 0.717) is 29.7 Å². The fourth-order valence-corrected chi connectivity index (χ4v) is 5.15. The number of hydrogen-bond acceptors (Lipinski definition) is 5. The van der Waals surface area contributed by atoms with Gasteiger partial charge in [0.1, 0.15) is 5.75 Å². The second kappa shape index (κ2) is 8.69. The maximum atomic E-state index is 13.0. The lowest BCUT2D eigenvalue weighted by Gasteiger charge is -2.34. The predicted molar refractivity (Wildman–Crippen MR) is 103 cm³/mol. The highest BCUT2D eigenvalue weighted by Crippen LogP contribution is 2.29. The van der Waals surface area contributed by atoms with E-state index in [9.17, 15) is 13.5 Å². The second-order valence-corrected chi connectivity index (χ2v) is 9.41. The summed E-state index contributed by atoms with van der Waals surface area (Å²) >= 11 is 0. The lowest BCUT2D eigenvalue weighted by atomic mass is 9.97. The number of aliphatic hydroxyl groups excluding tert-OH is 1. The fourth-order valence-electron chi connectivity index (χ4n) is 3.63. The molecular weight excluding hydrogens is 352 g/mol. The second-order valence-electron chi connectivity index (χ2n) is 7.39. The third-order valence-corrected chi connectivity index (χ3v) is 7.31. The van der Waals surface area contributed by atoms with Gasteiger partial charge in [0.15, 0.2) is 0 Å². The Kier molecular flexibility index (Phi) is 7.07. The molecule has 0 saturated carbocycles. The molecule has 1 aromatic carbocycles. The van der Waals surface area contributed by atoms with Crippen LogP contribution in [0.15, 0.2) is 17.0 Å². The quantitative estimate of drug-likeness (QED) is 0.779. The van der Waals surface area contributed by atoms with Crippen LogP contribution in [0.2, 0.25) is 0 Å². The van der Waals surface area contributed by atoms with Crippen molar-refractivity contribution in [2.75, 3.05) is 40.3 Å². The first-order chi connectivity index (χ1) is 12.2. The van der Waals surface area contributed by atoms with Crippen LogP contribution < -0.4 is 4.74 Å². The minimum absolute atomic E-state index is 0.323. The van der Waals surface area contributed by atoms with E-state index >= 15 is 0 Å². The fraction of sp³-hybridized carbons (Fsp3) is 0.684. The Morgan fingerprint density at radius 1 is 1.27 bits per heavy atom. The Bertz CT molecular complexity index is 710. The SMILES string of the molecule is COc1ccc(S(=O)(=O)N(C)CC2CCN(C[C@H](C)O)CC2)c(C)c1C. The van der Waals surface area contributed by atoms with Gasteiger partial charge in [0.2, 0.25) is 10.0 Å². The molecule has 0 unspecified atom stereocenters. The van der Waals surface area contributed by atoms with E-state index < -0.39 is 10.0 Å². The predicted octanol–water partition coefficient (Wildman–Crippen LogP) is 2.03. The molecule has 1 atom stereocenters. The molecule has 1 aromatic rings. The molecule has 0 radical (unpaired) electrons. The summed E-state index contributed by atoms with van der Waals surface area (Å²) in [4.78, 5) is 2.59. The first-order valence-corrected chi connectivity index (χ1v) is 10.6. The number of methoxy groups -OCH3 is 1. The molecule has 1 aliphatic rings. The summed E-state index contributed by atoms with van der Waals surface area (Å²) in [6.07, 6.45) is 1.58. The van der Waals surface area contributed by atoms with Crippen LogP contribution in [0.3, 0.4) is 0 Å². The zero-order chi connectivity index (χ0) is 19.5. The van der Waals surface area contributed by atoms with Crippen molar-refractivity contribution in [2.24, 2.45) is 5.92 Å². The van der Waals surface area contributed by atoms with Gasteiger partial charge in [0, 0.05) is 20.1 Å². The Morgan fingerprint density at radius 2 is 1.88 bits per heavy atom. The summed E-state index contributed by atoms with van der Waals surface area (Å²) in [6, 6.07) is 3.36. The van der Waals surface area contributed by atoms with Gasteiger partial charge in [-0.25, -0.2) is 12.7 Å². The molecule has 0 bridgehead atoms. The average molecular weight is 385 g/mol. The number of ether oxygens (including phenoxy) is 1. The summed E-state index contributed by atoms with van der Waals surface area (Å²) in [6.45, 7) is 8.53. The highest BCUT2D eigenvalue weighted by molar-refractivity contribution is 7.89. The third-order valence-electron chi connectivity index (χ3n) is 5.34. The third kappa shape index (κ3) is 4.76. The molecule has 1 N–H and O–H groups in total. The van der Waals surface area contributed by atoms with Crippen molar-refractivity contribution in [1.29, 1.82) is 0 Å². The molecule has 0 aliphatic carbocycles. The number of sulfonamides is 1. The van der Waals surface area contributed by atoms with Gasteiger partial charge in [-0.1, -0.05) is 0 Å². The van der Waals surface area contributed by atoms with E-state index in [0.717, 1.165) is 37.1 Å². The number of nitrogens with zero attached hydrogens (tertiary/aromatic N) is 2. The summed E-state index contributed by atoms with van der Waals surface area (Å²) < 4.78 is 32.8. The van der Waals surface area contributed by atoms with Crippen LogP contribution in [0.1, 0.15) is 30.9 Å². The number of likely N-dealkylation sites (tertiary alicyclic amines) is 1. The van der Waals surface area contributed by atoms with Gasteiger partial charge in [-0.15, -0.1) is 0 Å². The van der Waals surface area contributed by atoms with Crippen LogP contribution in [0.25, 0.3) is 0 Å². The van der Waals surface area contributed by atoms with Gasteiger partial charge in [-0.2, -0.15) is 0 Å². The van der Waals surface area contributed by atoms with Crippen molar-refractivity contribution in [1.82, 2.24) is 9.21 Å². The molecule has 0 aromatic heterocycles. The van der Waals surface area contributed by atoms with Crippen LogP contribution in [-0.4, -0.2) is 69.2 Å². The first-order valence-electron chi connectivity index (χ1n) is 9.17. The van der Waals surface area contributed by atoms with E-state index in [1.54, 1.807) is 33.2 Å². The molecule has 1 heterocycles. The molecule has 2 rings (SSSR count). The number of piperidine rings is 1. The molecule has 1 fully saturated rings. The number of rotatable bonds is 7. The van der Waals surface area contributed by atoms with Gasteiger partial charge in [-0.05, 0) is 75.9 Å². The Morgan fingerprint density at radius 3 is 2.42 bits per heavy atom. The molecule has 0 amide bonds. The number of benzene rings is 1. The molecule has 6 nitrogen and oxygen atoms in total. The van der Waals surface area contributed by atoms with Crippen LogP contribution in [0.4, 0.5) is 0 Å². The van der Waals surface area contributed by atoms with Crippen molar-refractivity contribution < 1.29 is 18.3 Å². The van der Waals surface area contributed by atoms with Crippen molar-refractivity contribution in [2.45, 2.75) is 44.6 Å². The summed E-state index contributed by atoms with van der Waals surface area (Å²) in [5.74, 6) is 1.05. The van der Waals surface area contributed by atoms with Crippen LogP contribution >= 0.6 is 0 Å². The zero-order valence-corrected chi connectivity index (χ0v) is 17.3. The van der Waals surface area contributed by atoms with Crippen molar-refractivity contribution in [3.63, 3.8) is 0 Å². The normalized spacial score (nSPS) is 18.3. The van der Waals surface area contributed by atoms with Gasteiger partial charge in [0.05, 0.1) is 18.1 Å². The van der Waals surface area contributed by atoms with E-state index in [-0.39, 0.29) is 6.10 Å². The maximum Gasteiger partial charge on any atom is 0.243 e. The van der Waals surface area contributed by atoms with E-state index in [1.807, 2.05) is 13.8 Å². The van der Waals surface area contributed by atoms with Gasteiger partial charge >= 0.3 is 0 Å². The molecule has 1 saturated heterocycles. The maximum absolute atomic E-state index is 13.0. The van der Waals surface area contributed by atoms with Gasteiger partial charge in [-0.3, -0.25) is 0 Å². The summed E-state index contributed by atoms with van der Waals surface area (Å²) in [5, 5.41) is 9.50. The Balaban J connectivity index is 2.05. The van der Waals surface area contributed by atoms with Gasteiger partial charge < -0.3 is 14.7 Å². The standard InChI is InChI=1S/C19H32N2O4S/c1-14(22)12-21-10-8-17(9-11-21)13-20(4)26(23,24)19-7-6-18(25-5)15(2)16(19)3/h6-7,14,17,22H,8-13H2,1-5H3/t14-/m0/s1. The van der Waals surface area contributed by atoms with Crippen LogP contribution in [0.5, 0.6) is 5.75 Å². The zero-order valence-electron chi connectivity index (χ0n) is 16.5. The highest BCUT2D eigenvalue weighted by atomic mass is 32.2. The Labute approximate surface area is 157 Å². The number of hydrogen-bond donors (Lipinski definition) is 1. The molecule has 1 aliphatic heterocycles. The average Bonchev–Trinajstić information content (AvgIpc) is 2.58. The highest BCUT2D eigenvalue weighted by Gasteiger charge is 2.28. The van der Waals surface area contributed by atoms with Crippen LogP contribution in [-0.2, 0) is 10.0 Å². The first kappa shape index (κ1) is 21.2. The van der Waals surface area contributed by atoms with Crippen LogP contribution in [0, 0.1) is 19.8 Å². The lowest BCUT2D eigenvalue weighted by Crippen LogP contribution is -2.41. The molecule has 148 valence electrons. The topological polar surface area (TPSA) is 70.1 Å². The van der Waals surface area contributed by atoms with Crippen molar-refractivity contribution in [3.8, 4) is 5.75 Å². The largest absolute Gasteiger partial charge is 0.496 e. The molecule has 7 heteroatoms. The van der Waals surface area contributed by atoms with E-state index in [4.69, 9.17) is 4.74 Å². The van der Waals surface area contributed by atoms with Crippen molar-refractivity contribution in [3.05, 3.63) is 23.3 Å².